The first-order valence-corrected chi connectivity index (χ1v) is 7.60. The van der Waals surface area contributed by atoms with Crippen LogP contribution in [0.25, 0.3) is 0 Å². The van der Waals surface area contributed by atoms with Crippen LogP contribution in [0.2, 0.25) is 0 Å². The topological polar surface area (TPSA) is 49.2 Å². The smallest absolute Gasteiger partial charge is 0.162 e. The van der Waals surface area contributed by atoms with Gasteiger partial charge < -0.3 is 14.0 Å². The summed E-state index contributed by atoms with van der Waals surface area (Å²) in [5.41, 5.74) is 1.32. The summed E-state index contributed by atoms with van der Waals surface area (Å²) >= 11 is 0. The van der Waals surface area contributed by atoms with Gasteiger partial charge in [-0.2, -0.15) is 0 Å². The molecule has 1 aromatic heterocycles. The zero-order valence-electron chi connectivity index (χ0n) is 11.9. The Morgan fingerprint density at radius 3 is 2.86 bits per heavy atom. The molecule has 5 heteroatoms. The second-order valence-corrected chi connectivity index (χ2v) is 5.59. The van der Waals surface area contributed by atoms with E-state index in [0.29, 0.717) is 5.92 Å². The van der Waals surface area contributed by atoms with E-state index in [0.717, 1.165) is 50.9 Å². The first-order chi connectivity index (χ1) is 10.4. The predicted molar refractivity (Wildman–Crippen MR) is 77.0 cm³/mol. The van der Waals surface area contributed by atoms with Gasteiger partial charge in [-0.05, 0) is 12.0 Å². The highest BCUT2D eigenvalue weighted by molar-refractivity contribution is 5.23. The molecule has 2 atom stereocenters. The zero-order valence-corrected chi connectivity index (χ0v) is 11.9. The summed E-state index contributed by atoms with van der Waals surface area (Å²) in [7, 11) is 0. The lowest BCUT2D eigenvalue weighted by atomic mass is 9.92. The molecular weight excluding hydrogens is 266 g/mol. The molecule has 1 fully saturated rings. The highest BCUT2D eigenvalue weighted by Gasteiger charge is 2.35. The lowest BCUT2D eigenvalue weighted by Gasteiger charge is -2.19. The molecule has 110 valence electrons. The normalized spacial score (nSPS) is 25.5. The standard InChI is InChI=1S/C16H19N3O2/c1-2-4-12(5-3-1)13-6-10-21-15(13)16-18-17-14-7-9-20-11-8-19(14)16/h1-5,13,15H,6-11H2/t13-,15-/m1/s1. The molecule has 0 aliphatic carbocycles. The second kappa shape index (κ2) is 5.58. The van der Waals surface area contributed by atoms with E-state index >= 15 is 0 Å². The van der Waals surface area contributed by atoms with Crippen LogP contribution in [0.4, 0.5) is 0 Å². The fraction of sp³-hybridized carbons (Fsp3) is 0.500. The summed E-state index contributed by atoms with van der Waals surface area (Å²) in [4.78, 5) is 0. The van der Waals surface area contributed by atoms with Crippen LogP contribution in [0.3, 0.4) is 0 Å². The molecule has 2 aromatic rings. The Morgan fingerprint density at radius 2 is 1.95 bits per heavy atom. The molecule has 0 spiro atoms. The maximum Gasteiger partial charge on any atom is 0.162 e. The molecule has 5 nitrogen and oxygen atoms in total. The number of benzene rings is 1. The molecule has 2 aliphatic heterocycles. The number of fused-ring (bicyclic) bond motifs is 1. The summed E-state index contributed by atoms with van der Waals surface area (Å²) in [6.45, 7) is 3.05. The minimum Gasteiger partial charge on any atom is -0.379 e. The van der Waals surface area contributed by atoms with Crippen LogP contribution in [0.1, 0.15) is 35.7 Å². The Kier molecular flexibility index (Phi) is 3.45. The molecule has 0 bridgehead atoms. The number of rotatable bonds is 2. The molecule has 0 N–H and O–H groups in total. The van der Waals surface area contributed by atoms with Crippen molar-refractivity contribution in [1.82, 2.24) is 14.8 Å². The van der Waals surface area contributed by atoms with Gasteiger partial charge in [0.15, 0.2) is 5.82 Å². The maximum atomic E-state index is 6.01. The van der Waals surface area contributed by atoms with Crippen molar-refractivity contribution in [2.45, 2.75) is 31.4 Å². The van der Waals surface area contributed by atoms with E-state index in [1.54, 1.807) is 0 Å². The van der Waals surface area contributed by atoms with Gasteiger partial charge in [-0.1, -0.05) is 30.3 Å². The van der Waals surface area contributed by atoms with E-state index in [1.807, 2.05) is 0 Å². The molecule has 2 aliphatic rings. The van der Waals surface area contributed by atoms with Crippen molar-refractivity contribution in [3.63, 3.8) is 0 Å². The highest BCUT2D eigenvalue weighted by Crippen LogP contribution is 2.41. The van der Waals surface area contributed by atoms with Crippen molar-refractivity contribution < 1.29 is 9.47 Å². The van der Waals surface area contributed by atoms with Crippen LogP contribution in [-0.4, -0.2) is 34.6 Å². The van der Waals surface area contributed by atoms with Gasteiger partial charge in [0.1, 0.15) is 11.9 Å². The summed E-state index contributed by atoms with van der Waals surface area (Å²) < 4.78 is 13.7. The largest absolute Gasteiger partial charge is 0.379 e. The minimum absolute atomic E-state index is 0.00625. The van der Waals surface area contributed by atoms with Crippen LogP contribution < -0.4 is 0 Å². The number of ether oxygens (including phenoxy) is 2. The van der Waals surface area contributed by atoms with Crippen molar-refractivity contribution in [1.29, 1.82) is 0 Å². The Hall–Kier alpha value is -1.72. The molecule has 0 unspecified atom stereocenters. The van der Waals surface area contributed by atoms with Crippen molar-refractivity contribution >= 4 is 0 Å². The molecule has 4 rings (SSSR count). The summed E-state index contributed by atoms with van der Waals surface area (Å²) in [5.74, 6) is 2.34. The third kappa shape index (κ3) is 2.36. The predicted octanol–water partition coefficient (Wildman–Crippen LogP) is 2.10. The molecular formula is C16H19N3O2. The number of hydrogen-bond acceptors (Lipinski definition) is 4. The Morgan fingerprint density at radius 1 is 1.05 bits per heavy atom. The van der Waals surface area contributed by atoms with Crippen molar-refractivity contribution in [3.8, 4) is 0 Å². The fourth-order valence-corrected chi connectivity index (χ4v) is 3.30. The zero-order chi connectivity index (χ0) is 14.1. The quantitative estimate of drug-likeness (QED) is 0.848. The third-order valence-electron chi connectivity index (χ3n) is 4.36. The third-order valence-corrected chi connectivity index (χ3v) is 4.36. The Balaban J connectivity index is 1.68. The first-order valence-electron chi connectivity index (χ1n) is 7.60. The monoisotopic (exact) mass is 285 g/mol. The average Bonchev–Trinajstić information content (AvgIpc) is 3.09. The van der Waals surface area contributed by atoms with Gasteiger partial charge in [-0.25, -0.2) is 0 Å². The van der Waals surface area contributed by atoms with Crippen LogP contribution in [0.15, 0.2) is 30.3 Å². The van der Waals surface area contributed by atoms with Gasteiger partial charge in [0.25, 0.3) is 0 Å². The summed E-state index contributed by atoms with van der Waals surface area (Å²) in [6.07, 6.45) is 1.87. The Bertz CT molecular complexity index is 611. The lowest BCUT2D eigenvalue weighted by Crippen LogP contribution is -2.15. The maximum absolute atomic E-state index is 6.01. The molecule has 0 radical (unpaired) electrons. The van der Waals surface area contributed by atoms with E-state index in [2.05, 4.69) is 45.1 Å². The van der Waals surface area contributed by atoms with Crippen molar-refractivity contribution in [3.05, 3.63) is 47.5 Å². The number of nitrogens with zero attached hydrogens (tertiary/aromatic N) is 3. The Labute approximate surface area is 123 Å². The molecule has 0 amide bonds. The molecule has 21 heavy (non-hydrogen) atoms. The van der Waals surface area contributed by atoms with Gasteiger partial charge in [0.2, 0.25) is 0 Å². The van der Waals surface area contributed by atoms with Gasteiger partial charge in [-0.15, -0.1) is 10.2 Å². The van der Waals surface area contributed by atoms with Crippen molar-refractivity contribution in [2.75, 3.05) is 19.8 Å². The number of aromatic nitrogens is 3. The van der Waals surface area contributed by atoms with Gasteiger partial charge >= 0.3 is 0 Å². The lowest BCUT2D eigenvalue weighted by molar-refractivity contribution is 0.0911. The minimum atomic E-state index is 0.00625. The molecule has 0 saturated carbocycles. The van der Waals surface area contributed by atoms with Gasteiger partial charge in [0.05, 0.1) is 13.2 Å². The first kappa shape index (κ1) is 13.0. The van der Waals surface area contributed by atoms with Crippen LogP contribution in [0.5, 0.6) is 0 Å². The van der Waals surface area contributed by atoms with Crippen molar-refractivity contribution in [2.24, 2.45) is 0 Å². The van der Waals surface area contributed by atoms with E-state index in [4.69, 9.17) is 9.47 Å². The van der Waals surface area contributed by atoms with Gasteiger partial charge in [-0.3, -0.25) is 0 Å². The highest BCUT2D eigenvalue weighted by atomic mass is 16.5. The second-order valence-electron chi connectivity index (χ2n) is 5.59. The van der Waals surface area contributed by atoms with Crippen LogP contribution in [0, 0.1) is 0 Å². The summed E-state index contributed by atoms with van der Waals surface area (Å²) in [6, 6.07) is 10.6. The SMILES string of the molecule is c1ccc([C@H]2CCO[C@H]2c2nnc3n2CCOCC3)cc1. The molecule has 1 aromatic carbocycles. The van der Waals surface area contributed by atoms with E-state index < -0.39 is 0 Å². The van der Waals surface area contributed by atoms with E-state index in [9.17, 15) is 0 Å². The fourth-order valence-electron chi connectivity index (χ4n) is 3.30. The summed E-state index contributed by atoms with van der Waals surface area (Å²) in [5, 5.41) is 8.77. The van der Waals surface area contributed by atoms with Crippen LogP contribution >= 0.6 is 0 Å². The van der Waals surface area contributed by atoms with Crippen LogP contribution in [-0.2, 0) is 22.4 Å². The van der Waals surface area contributed by atoms with E-state index in [1.165, 1.54) is 5.56 Å². The molecule has 1 saturated heterocycles. The van der Waals surface area contributed by atoms with Gasteiger partial charge in [0, 0.05) is 25.5 Å². The molecule has 3 heterocycles. The average molecular weight is 285 g/mol. The van der Waals surface area contributed by atoms with E-state index in [-0.39, 0.29) is 6.10 Å². The number of hydrogen-bond donors (Lipinski definition) is 0.